The van der Waals surface area contributed by atoms with Gasteiger partial charge in [-0.05, 0) is 31.9 Å². The Balaban J connectivity index is 1.80. The third kappa shape index (κ3) is 4.82. The molecular weight excluding hydrogens is 320 g/mol. The second kappa shape index (κ2) is 8.48. The van der Waals surface area contributed by atoms with Crippen LogP contribution in [0, 0.1) is 6.92 Å². The molecule has 1 aromatic heterocycles. The molecule has 3 aromatic rings. The van der Waals surface area contributed by atoms with Gasteiger partial charge in [0.1, 0.15) is 17.5 Å². The fraction of sp³-hybridized carbons (Fsp3) is 0.273. The van der Waals surface area contributed by atoms with Crippen LogP contribution in [0.3, 0.4) is 0 Å². The van der Waals surface area contributed by atoms with Crippen molar-refractivity contribution in [1.29, 1.82) is 0 Å². The van der Waals surface area contributed by atoms with Gasteiger partial charge in [0.15, 0.2) is 0 Å². The lowest BCUT2D eigenvalue weighted by atomic mass is 10.2. The Morgan fingerprint density at radius 1 is 0.885 bits per heavy atom. The first-order valence-corrected chi connectivity index (χ1v) is 9.06. The molecule has 0 aliphatic heterocycles. The van der Waals surface area contributed by atoms with Gasteiger partial charge in [-0.1, -0.05) is 60.7 Å². The predicted octanol–water partition coefficient (Wildman–Crippen LogP) is 4.81. The second-order valence-electron chi connectivity index (χ2n) is 6.70. The smallest absolute Gasteiger partial charge is 0.134 e. The molecule has 1 heterocycles. The fourth-order valence-corrected chi connectivity index (χ4v) is 2.89. The zero-order chi connectivity index (χ0) is 18.4. The summed E-state index contributed by atoms with van der Waals surface area (Å²) >= 11 is 0. The summed E-state index contributed by atoms with van der Waals surface area (Å²) in [7, 11) is 0. The highest BCUT2D eigenvalue weighted by molar-refractivity contribution is 5.50. The zero-order valence-corrected chi connectivity index (χ0v) is 15.7. The maximum Gasteiger partial charge on any atom is 0.134 e. The van der Waals surface area contributed by atoms with Gasteiger partial charge in [-0.3, -0.25) is 0 Å². The van der Waals surface area contributed by atoms with E-state index < -0.39 is 0 Å². The lowest BCUT2D eigenvalue weighted by molar-refractivity contribution is 0.669. The lowest BCUT2D eigenvalue weighted by Crippen LogP contribution is -2.31. The Morgan fingerprint density at radius 3 is 2.12 bits per heavy atom. The van der Waals surface area contributed by atoms with Crippen molar-refractivity contribution in [2.45, 2.75) is 39.9 Å². The van der Waals surface area contributed by atoms with Gasteiger partial charge in [0.2, 0.25) is 0 Å². The molecule has 2 aromatic carbocycles. The number of aryl methyl sites for hydroxylation is 1. The molecule has 0 amide bonds. The molecule has 0 saturated carbocycles. The van der Waals surface area contributed by atoms with Crippen LogP contribution in [0.1, 0.15) is 30.8 Å². The first-order valence-electron chi connectivity index (χ1n) is 9.06. The quantitative estimate of drug-likeness (QED) is 0.666. The van der Waals surface area contributed by atoms with E-state index in [1.807, 2.05) is 37.3 Å². The van der Waals surface area contributed by atoms with Gasteiger partial charge in [-0.25, -0.2) is 9.97 Å². The van der Waals surface area contributed by atoms with Gasteiger partial charge in [-0.2, -0.15) is 0 Å². The minimum atomic E-state index is 0.339. The van der Waals surface area contributed by atoms with Gasteiger partial charge in [0.05, 0.1) is 0 Å². The summed E-state index contributed by atoms with van der Waals surface area (Å²) in [6, 6.07) is 23.2. The van der Waals surface area contributed by atoms with Crippen LogP contribution in [0.5, 0.6) is 0 Å². The highest BCUT2D eigenvalue weighted by Crippen LogP contribution is 2.21. The summed E-state index contributed by atoms with van der Waals surface area (Å²) in [5, 5.41) is 3.42. The van der Waals surface area contributed by atoms with E-state index in [4.69, 9.17) is 0 Å². The minimum Gasteiger partial charge on any atom is -0.366 e. The summed E-state index contributed by atoms with van der Waals surface area (Å²) in [6.45, 7) is 7.90. The maximum atomic E-state index is 4.68. The molecule has 26 heavy (non-hydrogen) atoms. The van der Waals surface area contributed by atoms with Crippen LogP contribution in [0.2, 0.25) is 0 Å². The molecule has 0 fully saturated rings. The monoisotopic (exact) mass is 346 g/mol. The van der Waals surface area contributed by atoms with E-state index in [1.165, 1.54) is 11.1 Å². The molecule has 134 valence electrons. The molecule has 0 radical (unpaired) electrons. The lowest BCUT2D eigenvalue weighted by Gasteiger charge is -2.28. The van der Waals surface area contributed by atoms with Crippen LogP contribution in [-0.4, -0.2) is 16.0 Å². The van der Waals surface area contributed by atoms with Crippen molar-refractivity contribution >= 4 is 11.6 Å². The number of anilines is 2. The van der Waals surface area contributed by atoms with Gasteiger partial charge in [-0.15, -0.1) is 0 Å². The maximum absolute atomic E-state index is 4.68. The van der Waals surface area contributed by atoms with Gasteiger partial charge < -0.3 is 10.2 Å². The Morgan fingerprint density at radius 2 is 1.50 bits per heavy atom. The van der Waals surface area contributed by atoms with Crippen molar-refractivity contribution in [3.05, 3.63) is 83.7 Å². The highest BCUT2D eigenvalue weighted by atomic mass is 15.2. The Hall–Kier alpha value is -2.88. The van der Waals surface area contributed by atoms with Gasteiger partial charge >= 0.3 is 0 Å². The summed E-state index contributed by atoms with van der Waals surface area (Å²) in [5.41, 5.74) is 2.51. The number of aromatic nitrogens is 2. The van der Waals surface area contributed by atoms with Gasteiger partial charge in [0, 0.05) is 25.2 Å². The fourth-order valence-electron chi connectivity index (χ4n) is 2.89. The number of benzene rings is 2. The van der Waals surface area contributed by atoms with Crippen LogP contribution < -0.4 is 10.2 Å². The third-order valence-corrected chi connectivity index (χ3v) is 4.25. The third-order valence-electron chi connectivity index (χ3n) is 4.25. The van der Waals surface area contributed by atoms with E-state index in [-0.39, 0.29) is 0 Å². The summed E-state index contributed by atoms with van der Waals surface area (Å²) < 4.78 is 0. The zero-order valence-electron chi connectivity index (χ0n) is 15.7. The van der Waals surface area contributed by atoms with Crippen molar-refractivity contribution in [2.24, 2.45) is 0 Å². The van der Waals surface area contributed by atoms with Crippen LogP contribution >= 0.6 is 0 Å². The average Bonchev–Trinajstić information content (AvgIpc) is 2.65. The first-order chi connectivity index (χ1) is 12.6. The number of hydrogen-bond donors (Lipinski definition) is 1. The summed E-state index contributed by atoms with van der Waals surface area (Å²) in [5.74, 6) is 2.58. The van der Waals surface area contributed by atoms with E-state index in [1.54, 1.807) is 0 Å². The van der Waals surface area contributed by atoms with Crippen molar-refractivity contribution in [1.82, 2.24) is 9.97 Å². The Kier molecular flexibility index (Phi) is 5.84. The van der Waals surface area contributed by atoms with Crippen molar-refractivity contribution in [2.75, 3.05) is 10.2 Å². The van der Waals surface area contributed by atoms with E-state index in [0.717, 1.165) is 30.5 Å². The topological polar surface area (TPSA) is 41.1 Å². The number of nitrogens with zero attached hydrogens (tertiary/aromatic N) is 3. The molecule has 3 rings (SSSR count). The Labute approximate surface area is 155 Å². The van der Waals surface area contributed by atoms with Crippen molar-refractivity contribution in [3.63, 3.8) is 0 Å². The minimum absolute atomic E-state index is 0.339. The molecule has 0 unspecified atom stereocenters. The van der Waals surface area contributed by atoms with Crippen LogP contribution in [0.4, 0.5) is 11.6 Å². The van der Waals surface area contributed by atoms with E-state index >= 15 is 0 Å². The van der Waals surface area contributed by atoms with E-state index in [2.05, 4.69) is 70.4 Å². The SMILES string of the molecule is Cc1nc(NCc2ccccc2)cc(N(Cc2ccccc2)C(C)C)n1. The molecule has 4 nitrogen and oxygen atoms in total. The number of hydrogen-bond acceptors (Lipinski definition) is 4. The molecule has 0 atom stereocenters. The molecule has 0 bridgehead atoms. The highest BCUT2D eigenvalue weighted by Gasteiger charge is 2.14. The summed E-state index contributed by atoms with van der Waals surface area (Å²) in [6.07, 6.45) is 0. The average molecular weight is 346 g/mol. The molecule has 0 aliphatic carbocycles. The molecule has 0 spiro atoms. The molecule has 4 heteroatoms. The van der Waals surface area contributed by atoms with Gasteiger partial charge in [0.25, 0.3) is 0 Å². The van der Waals surface area contributed by atoms with Crippen molar-refractivity contribution in [3.8, 4) is 0 Å². The largest absolute Gasteiger partial charge is 0.366 e. The molecular formula is C22H26N4. The number of rotatable bonds is 7. The molecule has 0 saturated heterocycles. The number of nitrogens with one attached hydrogen (secondary N) is 1. The van der Waals surface area contributed by atoms with E-state index in [9.17, 15) is 0 Å². The summed E-state index contributed by atoms with van der Waals surface area (Å²) in [4.78, 5) is 11.5. The van der Waals surface area contributed by atoms with Crippen LogP contribution in [-0.2, 0) is 13.1 Å². The molecule has 1 N–H and O–H groups in total. The Bertz CT molecular complexity index is 816. The standard InChI is InChI=1S/C22H26N4/c1-17(2)26(16-20-12-8-5-9-13-20)22-14-21(24-18(3)25-22)23-15-19-10-6-4-7-11-19/h4-14,17H,15-16H2,1-3H3,(H,23,24,25). The van der Waals surface area contributed by atoms with E-state index in [0.29, 0.717) is 6.04 Å². The predicted molar refractivity (Wildman–Crippen MR) is 108 cm³/mol. The van der Waals surface area contributed by atoms with Crippen molar-refractivity contribution < 1.29 is 0 Å². The normalized spacial score (nSPS) is 10.8. The molecule has 0 aliphatic rings. The van der Waals surface area contributed by atoms with Crippen LogP contribution in [0.25, 0.3) is 0 Å². The van der Waals surface area contributed by atoms with Crippen LogP contribution in [0.15, 0.2) is 66.7 Å². The second-order valence-corrected chi connectivity index (χ2v) is 6.70. The first kappa shape index (κ1) is 17.9.